The molecule has 254 valence electrons. The molecule has 0 aromatic carbocycles. The number of ketones is 1. The summed E-state index contributed by atoms with van der Waals surface area (Å²) in [5.41, 5.74) is -0.194. The number of hydrogen-bond donors (Lipinski definition) is 1. The number of unbranched alkanes of at least 4 members (excludes halogenated alkanes) is 1. The van der Waals surface area contributed by atoms with Gasteiger partial charge in [0.05, 0.1) is 35.7 Å². The van der Waals surface area contributed by atoms with Gasteiger partial charge in [0, 0.05) is 56.2 Å². The van der Waals surface area contributed by atoms with Crippen LogP contribution in [0.3, 0.4) is 0 Å². The van der Waals surface area contributed by atoms with E-state index in [-0.39, 0.29) is 17.6 Å². The summed E-state index contributed by atoms with van der Waals surface area (Å²) in [5, 5.41) is 11.1. The lowest BCUT2D eigenvalue weighted by Gasteiger charge is -2.42. The average Bonchev–Trinajstić information content (AvgIpc) is 3.61. The number of aromatic nitrogens is 3. The van der Waals surface area contributed by atoms with E-state index in [4.69, 9.17) is 14.2 Å². The number of rotatable bonds is 8. The number of amides is 1. The summed E-state index contributed by atoms with van der Waals surface area (Å²) >= 11 is 0. The van der Waals surface area contributed by atoms with Crippen molar-refractivity contribution in [3.63, 3.8) is 0 Å². The number of pyridine rings is 1. The number of aliphatic hydroxyl groups is 1. The Morgan fingerprint density at radius 2 is 1.78 bits per heavy atom. The number of fused-ring (bicyclic) bond motifs is 1. The van der Waals surface area contributed by atoms with E-state index in [2.05, 4.69) is 9.97 Å². The number of Topliss-reactive ketones (excluding diaryl/α,β-unsaturated/α-hetero) is 1. The summed E-state index contributed by atoms with van der Waals surface area (Å²) in [6.07, 6.45) is 7.65. The number of aliphatic hydroxyl groups excluding tert-OH is 1. The van der Waals surface area contributed by atoms with Gasteiger partial charge in [0.15, 0.2) is 5.60 Å². The van der Waals surface area contributed by atoms with Gasteiger partial charge in [-0.05, 0) is 70.9 Å². The summed E-state index contributed by atoms with van der Waals surface area (Å²) in [5.74, 6) is -2.65. The molecule has 46 heavy (non-hydrogen) atoms. The van der Waals surface area contributed by atoms with Crippen LogP contribution in [0.15, 0.2) is 37.1 Å². The molecule has 4 heterocycles. The molecule has 0 saturated carbocycles. The summed E-state index contributed by atoms with van der Waals surface area (Å²) in [4.78, 5) is 51.4. The van der Waals surface area contributed by atoms with Gasteiger partial charge < -0.3 is 28.8 Å². The van der Waals surface area contributed by atoms with E-state index in [1.165, 1.54) is 0 Å². The first kappa shape index (κ1) is 35.5. The number of hydrogen-bond acceptors (Lipinski definition) is 9. The van der Waals surface area contributed by atoms with Crippen molar-refractivity contribution in [2.75, 3.05) is 13.7 Å². The number of carbonyl (C=O) groups excluding carboxylic acids is 3. The van der Waals surface area contributed by atoms with Crippen LogP contribution in [0.4, 0.5) is 4.79 Å². The predicted octanol–water partition coefficient (Wildman–Crippen LogP) is 5.30. The van der Waals surface area contributed by atoms with E-state index >= 15 is 0 Å². The van der Waals surface area contributed by atoms with E-state index in [0.717, 1.165) is 17.7 Å². The van der Waals surface area contributed by atoms with E-state index in [1.807, 2.05) is 57.5 Å². The highest BCUT2D eigenvalue weighted by Gasteiger charge is 2.59. The zero-order chi connectivity index (χ0) is 33.8. The smallest absolute Gasteiger partial charge is 0.410 e. The molecule has 0 bridgehead atoms. The normalized spacial score (nSPS) is 34.5. The highest BCUT2D eigenvalue weighted by Crippen LogP contribution is 2.42. The summed E-state index contributed by atoms with van der Waals surface area (Å²) in [6.45, 7) is 13.9. The fourth-order valence-electron chi connectivity index (χ4n) is 7.60. The van der Waals surface area contributed by atoms with Gasteiger partial charge in [-0.15, -0.1) is 0 Å². The van der Waals surface area contributed by atoms with Gasteiger partial charge in [-0.25, -0.2) is 9.78 Å². The van der Waals surface area contributed by atoms with Crippen molar-refractivity contribution in [1.29, 1.82) is 0 Å². The van der Waals surface area contributed by atoms with Crippen LogP contribution < -0.4 is 0 Å². The Morgan fingerprint density at radius 3 is 2.43 bits per heavy atom. The number of aryl methyl sites for hydroxylation is 1. The van der Waals surface area contributed by atoms with Crippen LogP contribution in [-0.4, -0.2) is 85.5 Å². The van der Waals surface area contributed by atoms with Crippen molar-refractivity contribution in [2.45, 2.75) is 117 Å². The van der Waals surface area contributed by atoms with Crippen molar-refractivity contribution in [3.8, 4) is 11.3 Å². The quantitative estimate of drug-likeness (QED) is 0.301. The van der Waals surface area contributed by atoms with Gasteiger partial charge in [0.2, 0.25) is 0 Å². The van der Waals surface area contributed by atoms with Gasteiger partial charge in [0.1, 0.15) is 11.9 Å². The van der Waals surface area contributed by atoms with E-state index in [9.17, 15) is 19.5 Å². The van der Waals surface area contributed by atoms with Crippen molar-refractivity contribution in [3.05, 3.63) is 37.1 Å². The van der Waals surface area contributed by atoms with E-state index < -0.39 is 53.4 Å². The molecule has 2 aliphatic rings. The molecule has 2 saturated heterocycles. The Kier molecular flexibility index (Phi) is 11.3. The average molecular weight is 641 g/mol. The minimum absolute atomic E-state index is 0.0102. The fourth-order valence-corrected chi connectivity index (χ4v) is 7.60. The molecule has 0 unspecified atom stereocenters. The number of methoxy groups -OCH3 is 1. The van der Waals surface area contributed by atoms with Crippen molar-refractivity contribution in [1.82, 2.24) is 19.4 Å². The zero-order valence-electron chi connectivity index (χ0n) is 28.6. The highest BCUT2D eigenvalue weighted by atomic mass is 16.6. The maximum Gasteiger partial charge on any atom is 0.410 e. The minimum atomic E-state index is -1.27. The second-order valence-corrected chi connectivity index (χ2v) is 13.9. The van der Waals surface area contributed by atoms with Crippen LogP contribution in [0, 0.1) is 23.7 Å². The molecule has 0 aliphatic carbocycles. The van der Waals surface area contributed by atoms with Gasteiger partial charge >= 0.3 is 12.1 Å². The molecule has 2 fully saturated rings. The Labute approximate surface area is 273 Å². The first-order chi connectivity index (χ1) is 21.7. The van der Waals surface area contributed by atoms with Crippen LogP contribution in [0.1, 0.15) is 80.6 Å². The maximum absolute atomic E-state index is 14.1. The van der Waals surface area contributed by atoms with Gasteiger partial charge in [-0.2, -0.15) is 0 Å². The van der Waals surface area contributed by atoms with Crippen LogP contribution >= 0.6 is 0 Å². The molecule has 1 N–H and O–H groups in total. The van der Waals surface area contributed by atoms with Crippen molar-refractivity contribution >= 4 is 17.8 Å². The molecule has 0 radical (unpaired) electrons. The van der Waals surface area contributed by atoms with Crippen LogP contribution in [0.2, 0.25) is 0 Å². The summed E-state index contributed by atoms with van der Waals surface area (Å²) in [6, 6.07) is 3.18. The van der Waals surface area contributed by atoms with Gasteiger partial charge in [-0.3, -0.25) is 14.6 Å². The Bertz CT molecular complexity index is 1350. The lowest BCUT2D eigenvalue weighted by Crippen LogP contribution is -2.58. The van der Waals surface area contributed by atoms with Crippen molar-refractivity contribution in [2.24, 2.45) is 23.7 Å². The lowest BCUT2D eigenvalue weighted by atomic mass is 9.74. The first-order valence-electron chi connectivity index (χ1n) is 16.6. The number of nitrogens with zero attached hydrogens (tertiary/aromatic N) is 4. The second kappa shape index (κ2) is 14.6. The number of imidazole rings is 1. The number of cyclic esters (lactones) is 1. The molecule has 1 amide bonds. The minimum Gasteiger partial charge on any atom is -0.458 e. The lowest BCUT2D eigenvalue weighted by molar-refractivity contribution is -0.175. The third-order valence-corrected chi connectivity index (χ3v) is 10.2. The largest absolute Gasteiger partial charge is 0.458 e. The van der Waals surface area contributed by atoms with Crippen LogP contribution in [0.5, 0.6) is 0 Å². The fraction of sp³-hybridized carbons (Fsp3) is 0.686. The Balaban J connectivity index is 1.57. The molecule has 9 atom stereocenters. The molecule has 11 heteroatoms. The number of carbonyl (C=O) groups is 3. The summed E-state index contributed by atoms with van der Waals surface area (Å²) < 4.78 is 20.0. The second-order valence-electron chi connectivity index (χ2n) is 13.9. The number of ether oxygens (including phenoxy) is 3. The molecule has 4 rings (SSSR count). The first-order valence-corrected chi connectivity index (χ1v) is 16.6. The monoisotopic (exact) mass is 640 g/mol. The highest BCUT2D eigenvalue weighted by molar-refractivity contribution is 5.85. The third-order valence-electron chi connectivity index (χ3n) is 10.2. The SMILES string of the molecule is CC[C@H]1OC(=O)[C@H](C)[C@@H](O)[C@H](C)C[C@](C)(OC)C[C@@H](C)C(=O)[C@H](C)[C@H]2N(CCCCn3cnc(-c4cccnc4)c3)C(=O)O[C@]12C. The predicted molar refractivity (Wildman–Crippen MR) is 173 cm³/mol. The molecule has 2 aromatic heterocycles. The standard InChI is InChI=1S/C35H52N4O7/c1-9-28-35(7)31(24(4)29(40)22(2)17-34(6,44-8)18-23(3)30(41)25(5)32(42)45-28)39(33(43)46-35)16-11-10-15-38-20-27(37-21-38)26-13-12-14-36-19-26/h12-14,19-25,28,30-31,41H,9-11,15-18H2,1-8H3/t22-,23-,24+,25-,28-,30+,31-,34-,35-/m1/s1. The number of esters is 1. The molecular formula is C35H52N4O7. The molecule has 0 spiro atoms. The Morgan fingerprint density at radius 1 is 1.07 bits per heavy atom. The van der Waals surface area contributed by atoms with Crippen molar-refractivity contribution < 1.29 is 33.7 Å². The molecule has 2 aromatic rings. The maximum atomic E-state index is 14.1. The topological polar surface area (TPSA) is 133 Å². The molecule has 2 aliphatic heterocycles. The van der Waals surface area contributed by atoms with Gasteiger partial charge in [-0.1, -0.05) is 27.7 Å². The van der Waals surface area contributed by atoms with E-state index in [0.29, 0.717) is 38.8 Å². The molecule has 11 nitrogen and oxygen atoms in total. The van der Waals surface area contributed by atoms with Gasteiger partial charge in [0.25, 0.3) is 0 Å². The van der Waals surface area contributed by atoms with E-state index in [1.54, 1.807) is 44.6 Å². The van der Waals surface area contributed by atoms with Crippen LogP contribution in [-0.2, 0) is 30.3 Å². The zero-order valence-corrected chi connectivity index (χ0v) is 28.6. The summed E-state index contributed by atoms with van der Waals surface area (Å²) in [7, 11) is 1.61. The van der Waals surface area contributed by atoms with Crippen LogP contribution in [0.25, 0.3) is 11.3 Å². The Hall–Kier alpha value is -3.31. The third kappa shape index (κ3) is 7.46. The molecular weight excluding hydrogens is 588 g/mol.